The van der Waals surface area contributed by atoms with Crippen LogP contribution in [0.15, 0.2) is 47.4 Å². The molecule has 124 valence electrons. The summed E-state index contributed by atoms with van der Waals surface area (Å²) in [7, 11) is -4.73. The molecule has 2 aromatic carbocycles. The highest BCUT2D eigenvalue weighted by Crippen LogP contribution is 2.26. The molecule has 9 heteroatoms. The van der Waals surface area contributed by atoms with E-state index in [-0.39, 0.29) is 21.9 Å². The van der Waals surface area contributed by atoms with Crippen LogP contribution in [0.1, 0.15) is 15.9 Å². The van der Waals surface area contributed by atoms with Crippen LogP contribution in [0.4, 0.5) is 8.78 Å². The van der Waals surface area contributed by atoms with E-state index < -0.39 is 26.5 Å². The first-order chi connectivity index (χ1) is 11.3. The molecular weight excluding hydrogens is 364 g/mol. The maximum Gasteiger partial charge on any atom is 0.343 e. The smallest absolute Gasteiger partial charge is 0.343 e. The number of nitrogens with zero attached hydrogens (tertiary/aromatic N) is 1. The van der Waals surface area contributed by atoms with E-state index in [2.05, 4.69) is 0 Å². The number of hydrogen-bond acceptors (Lipinski definition) is 5. The summed E-state index contributed by atoms with van der Waals surface area (Å²) in [5, 5.41) is 8.77. The maximum absolute atomic E-state index is 12.4. The van der Waals surface area contributed by atoms with Crippen LogP contribution in [0.5, 0.6) is 5.75 Å². The van der Waals surface area contributed by atoms with Gasteiger partial charge in [0, 0.05) is 0 Å². The van der Waals surface area contributed by atoms with Gasteiger partial charge >= 0.3 is 11.7 Å². The number of benzene rings is 2. The molecule has 2 rings (SSSR count). The van der Waals surface area contributed by atoms with E-state index in [1.165, 1.54) is 18.2 Å². The lowest BCUT2D eigenvalue weighted by Gasteiger charge is -2.07. The summed E-state index contributed by atoms with van der Waals surface area (Å²) >= 11 is 5.87. The highest BCUT2D eigenvalue weighted by molar-refractivity contribution is 7.91. The topological polar surface area (TPSA) is 84.2 Å². The van der Waals surface area contributed by atoms with Crippen molar-refractivity contribution >= 4 is 27.4 Å². The van der Waals surface area contributed by atoms with Gasteiger partial charge in [-0.05, 0) is 42.5 Å². The Morgan fingerprint density at radius 1 is 1.17 bits per heavy atom. The minimum atomic E-state index is -4.73. The monoisotopic (exact) mass is 371 g/mol. The Kier molecular flexibility index (Phi) is 5.17. The van der Waals surface area contributed by atoms with Crippen LogP contribution in [0, 0.1) is 11.3 Å². The van der Waals surface area contributed by atoms with Gasteiger partial charge in [0.25, 0.3) is 0 Å². The second-order valence-corrected chi connectivity index (χ2v) is 6.80. The molecule has 0 saturated carbocycles. The van der Waals surface area contributed by atoms with Gasteiger partial charge in [0.2, 0.25) is 9.84 Å². The molecule has 0 amide bonds. The fraction of sp³-hybridized carbons (Fsp3) is 0.0667. The molecule has 5 nitrogen and oxygen atoms in total. The molecule has 0 radical (unpaired) electrons. The second-order valence-electron chi connectivity index (χ2n) is 4.48. The average molecular weight is 372 g/mol. The first-order valence-electron chi connectivity index (χ1n) is 6.29. The van der Waals surface area contributed by atoms with Crippen molar-refractivity contribution in [2.75, 3.05) is 0 Å². The van der Waals surface area contributed by atoms with Crippen molar-refractivity contribution in [3.05, 3.63) is 58.6 Å². The molecule has 0 spiro atoms. The van der Waals surface area contributed by atoms with Gasteiger partial charge in [0.1, 0.15) is 5.75 Å². The zero-order valence-electron chi connectivity index (χ0n) is 11.7. The van der Waals surface area contributed by atoms with Crippen LogP contribution in [-0.2, 0) is 9.84 Å². The minimum absolute atomic E-state index is 0.00458. The van der Waals surface area contributed by atoms with Crippen LogP contribution < -0.4 is 4.74 Å². The third-order valence-corrected chi connectivity index (χ3v) is 4.61. The number of esters is 1. The van der Waals surface area contributed by atoms with E-state index in [0.29, 0.717) is 0 Å². The van der Waals surface area contributed by atoms with Gasteiger partial charge in [0.05, 0.1) is 27.1 Å². The van der Waals surface area contributed by atoms with Crippen LogP contribution in [0.2, 0.25) is 5.02 Å². The molecule has 0 unspecified atom stereocenters. The molecule has 0 heterocycles. The zero-order valence-corrected chi connectivity index (χ0v) is 13.3. The number of sulfone groups is 1. The normalized spacial score (nSPS) is 11.1. The molecule has 0 aliphatic rings. The van der Waals surface area contributed by atoms with Crippen molar-refractivity contribution in [3.63, 3.8) is 0 Å². The number of nitriles is 1. The Bertz CT molecular complexity index is 921. The molecule has 24 heavy (non-hydrogen) atoms. The molecule has 0 aliphatic carbocycles. The average Bonchev–Trinajstić information content (AvgIpc) is 2.56. The van der Waals surface area contributed by atoms with Crippen molar-refractivity contribution in [2.24, 2.45) is 0 Å². The quantitative estimate of drug-likeness (QED) is 0.607. The maximum atomic E-state index is 12.4. The summed E-state index contributed by atoms with van der Waals surface area (Å²) in [5.74, 6) is -4.40. The molecular formula is C15H8ClF2NO4S. The standard InChI is InChI=1S/C15H8ClF2NO4S/c16-12-7-9(8-19)1-6-13(12)23-14(20)10-2-4-11(5-3-10)24(21,22)15(17)18/h1-7,15H. The van der Waals surface area contributed by atoms with E-state index in [1.54, 1.807) is 0 Å². The van der Waals surface area contributed by atoms with E-state index in [9.17, 15) is 22.0 Å². The Labute approximate surface area is 141 Å². The highest BCUT2D eigenvalue weighted by atomic mass is 35.5. The van der Waals surface area contributed by atoms with E-state index in [1.807, 2.05) is 6.07 Å². The lowest BCUT2D eigenvalue weighted by molar-refractivity contribution is 0.0734. The van der Waals surface area contributed by atoms with Crippen molar-refractivity contribution in [1.29, 1.82) is 5.26 Å². The molecule has 0 N–H and O–H groups in total. The number of ether oxygens (including phenoxy) is 1. The molecule has 2 aromatic rings. The van der Waals surface area contributed by atoms with E-state index in [4.69, 9.17) is 21.6 Å². The molecule has 0 bridgehead atoms. The fourth-order valence-electron chi connectivity index (χ4n) is 1.70. The van der Waals surface area contributed by atoms with Crippen molar-refractivity contribution in [2.45, 2.75) is 10.7 Å². The molecule has 0 aliphatic heterocycles. The first kappa shape index (κ1) is 17.8. The summed E-state index contributed by atoms with van der Waals surface area (Å²) in [6.45, 7) is 0. The van der Waals surface area contributed by atoms with Crippen molar-refractivity contribution in [3.8, 4) is 11.8 Å². The Morgan fingerprint density at radius 2 is 1.79 bits per heavy atom. The lowest BCUT2D eigenvalue weighted by Crippen LogP contribution is -2.13. The molecule has 0 atom stereocenters. The highest BCUT2D eigenvalue weighted by Gasteiger charge is 2.26. The Hall–Kier alpha value is -2.50. The number of halogens is 3. The Morgan fingerprint density at radius 3 is 2.29 bits per heavy atom. The lowest BCUT2D eigenvalue weighted by atomic mass is 10.2. The van der Waals surface area contributed by atoms with E-state index in [0.717, 1.165) is 24.3 Å². The van der Waals surface area contributed by atoms with Gasteiger partial charge in [-0.15, -0.1) is 0 Å². The van der Waals surface area contributed by atoms with Gasteiger partial charge in [-0.2, -0.15) is 14.0 Å². The fourth-order valence-corrected chi connectivity index (χ4v) is 2.64. The van der Waals surface area contributed by atoms with Crippen molar-refractivity contribution in [1.82, 2.24) is 0 Å². The van der Waals surface area contributed by atoms with E-state index >= 15 is 0 Å². The number of alkyl halides is 2. The number of hydrogen-bond donors (Lipinski definition) is 0. The predicted molar refractivity (Wildman–Crippen MR) is 80.8 cm³/mol. The van der Waals surface area contributed by atoms with Gasteiger partial charge in [-0.25, -0.2) is 13.2 Å². The first-order valence-corrected chi connectivity index (χ1v) is 8.22. The minimum Gasteiger partial charge on any atom is -0.421 e. The van der Waals surface area contributed by atoms with Crippen molar-refractivity contribution < 1.29 is 26.7 Å². The molecule has 0 saturated heterocycles. The summed E-state index contributed by atoms with van der Waals surface area (Å²) in [6.07, 6.45) is 0. The summed E-state index contributed by atoms with van der Waals surface area (Å²) < 4.78 is 52.5. The number of carbonyl (C=O) groups is 1. The van der Waals surface area contributed by atoms with Gasteiger partial charge in [-0.1, -0.05) is 11.6 Å². The van der Waals surface area contributed by atoms with Crippen LogP contribution in [0.25, 0.3) is 0 Å². The van der Waals surface area contributed by atoms with Crippen LogP contribution in [0.3, 0.4) is 0 Å². The van der Waals surface area contributed by atoms with Gasteiger partial charge < -0.3 is 4.74 Å². The SMILES string of the molecule is N#Cc1ccc(OC(=O)c2ccc(S(=O)(=O)C(F)F)cc2)c(Cl)c1. The zero-order chi connectivity index (χ0) is 17.9. The second kappa shape index (κ2) is 6.95. The number of carbonyl (C=O) groups excluding carboxylic acids is 1. The third-order valence-electron chi connectivity index (χ3n) is 2.92. The van der Waals surface area contributed by atoms with Gasteiger partial charge in [-0.3, -0.25) is 0 Å². The summed E-state index contributed by atoms with van der Waals surface area (Å²) in [6, 6.07) is 9.77. The Balaban J connectivity index is 2.21. The molecule has 0 aromatic heterocycles. The van der Waals surface area contributed by atoms with Gasteiger partial charge in [0.15, 0.2) is 0 Å². The third kappa shape index (κ3) is 3.69. The largest absolute Gasteiger partial charge is 0.421 e. The summed E-state index contributed by atoms with van der Waals surface area (Å²) in [5.41, 5.74) is 0.227. The van der Waals surface area contributed by atoms with Crippen LogP contribution >= 0.6 is 11.6 Å². The number of rotatable bonds is 4. The predicted octanol–water partition coefficient (Wildman–Crippen LogP) is 3.43. The molecule has 0 fully saturated rings. The summed E-state index contributed by atoms with van der Waals surface area (Å²) in [4.78, 5) is 11.4. The van der Waals surface area contributed by atoms with Crippen LogP contribution in [-0.4, -0.2) is 20.1 Å².